The SMILES string of the molecule is Cc1ccccc1S(OS(=O)(=O)C(F)(F)C(F)(F)C(F)(F)C(F)(F)C(F)(F)C(F)(F)C(F)(F)C(F)(F)F)(c1ccccc1)c1ccccc1. The Bertz CT molecular complexity index is 1710. The molecule has 49 heavy (non-hydrogen) atoms. The molecule has 0 aromatic heterocycles. The third-order valence-corrected chi connectivity index (χ3v) is 12.1. The van der Waals surface area contributed by atoms with Crippen LogP contribution in [0.2, 0.25) is 0 Å². The van der Waals surface area contributed by atoms with E-state index >= 15 is 8.78 Å². The Balaban J connectivity index is 2.32. The minimum Gasteiger partial charge on any atom is -0.202 e. The summed E-state index contributed by atoms with van der Waals surface area (Å²) >= 11 is 0. The molecule has 0 N–H and O–H groups in total. The van der Waals surface area contributed by atoms with Crippen molar-refractivity contribution in [3.05, 3.63) is 90.5 Å². The van der Waals surface area contributed by atoms with Gasteiger partial charge in [-0.2, -0.15) is 83.1 Å². The molecule has 0 aliphatic rings. The van der Waals surface area contributed by atoms with E-state index in [9.17, 15) is 74.3 Å². The van der Waals surface area contributed by atoms with Crippen LogP contribution in [0.5, 0.6) is 0 Å². The molecule has 0 fully saturated rings. The van der Waals surface area contributed by atoms with Gasteiger partial charge in [0.15, 0.2) is 0 Å². The maximum atomic E-state index is 15.3. The molecule has 0 spiro atoms. The first kappa shape index (κ1) is 40.2. The first-order valence-corrected chi connectivity index (χ1v) is 15.6. The van der Waals surface area contributed by atoms with Crippen LogP contribution in [0.3, 0.4) is 0 Å². The van der Waals surface area contributed by atoms with E-state index in [-0.39, 0.29) is 5.56 Å². The number of aryl methyl sites for hydroxylation is 1. The Morgan fingerprint density at radius 1 is 0.449 bits per heavy atom. The van der Waals surface area contributed by atoms with Crippen molar-refractivity contribution >= 4 is 20.4 Å². The first-order chi connectivity index (χ1) is 21.9. The Hall–Kier alpha value is -3.27. The van der Waals surface area contributed by atoms with Crippen LogP contribution in [0.1, 0.15) is 5.56 Å². The minimum absolute atomic E-state index is 0.0557. The van der Waals surface area contributed by atoms with Crippen LogP contribution in [0, 0.1) is 6.92 Å². The van der Waals surface area contributed by atoms with Gasteiger partial charge in [0.2, 0.25) is 0 Å². The molecule has 22 heteroatoms. The molecule has 0 bridgehead atoms. The normalized spacial score (nSPS) is 15.3. The highest BCUT2D eigenvalue weighted by Crippen LogP contribution is 2.72. The smallest absolute Gasteiger partial charge is 0.202 e. The largest absolute Gasteiger partial charge is 0.460 e. The third kappa shape index (κ3) is 5.70. The molecule has 3 rings (SSSR count). The highest BCUT2D eigenvalue weighted by molar-refractivity contribution is 8.33. The van der Waals surface area contributed by atoms with Crippen LogP contribution < -0.4 is 0 Å². The second-order valence-electron chi connectivity index (χ2n) is 9.93. The number of hydrogen-bond acceptors (Lipinski definition) is 3. The van der Waals surface area contributed by atoms with Crippen molar-refractivity contribution in [2.24, 2.45) is 0 Å². The average molecular weight is 777 g/mol. The highest BCUT2D eigenvalue weighted by Gasteiger charge is 2.96. The molecular weight excluding hydrogens is 759 g/mol. The van der Waals surface area contributed by atoms with E-state index in [0.29, 0.717) is 0 Å². The molecule has 0 saturated heterocycles. The molecule has 3 aromatic rings. The van der Waals surface area contributed by atoms with Gasteiger partial charge in [0.25, 0.3) is 0 Å². The van der Waals surface area contributed by atoms with E-state index in [0.717, 1.165) is 60.7 Å². The highest BCUT2D eigenvalue weighted by atomic mass is 32.3. The fourth-order valence-electron chi connectivity index (χ4n) is 4.09. The molecule has 3 aromatic carbocycles. The zero-order chi connectivity index (χ0) is 37.9. The molecule has 0 atom stereocenters. The second kappa shape index (κ2) is 12.2. The molecule has 3 nitrogen and oxygen atoms in total. The summed E-state index contributed by atoms with van der Waals surface area (Å²) in [6.45, 7) is 1.19. The van der Waals surface area contributed by atoms with Gasteiger partial charge in [-0.25, -0.2) is 3.63 Å². The standard InChI is InChI=1S/C27H17F17O3S2/c1-16-10-8-9-15-19(16)48(17-11-4-2-5-12-17,18-13-6-3-7-14-18)47-49(45,46)27(43,44)25(38,39)23(34,35)21(30,31)20(28,29)22(32,33)24(36,37)26(40,41)42/h2-15H,1H3. The van der Waals surface area contributed by atoms with Crippen LogP contribution in [0.4, 0.5) is 74.6 Å². The minimum atomic E-state index is -8.96. The topological polar surface area (TPSA) is 43.4 Å². The lowest BCUT2D eigenvalue weighted by atomic mass is 9.91. The molecule has 0 unspecified atom stereocenters. The molecule has 0 saturated carbocycles. The quantitative estimate of drug-likeness (QED) is 0.172. The maximum absolute atomic E-state index is 15.3. The number of hydrogen-bond donors (Lipinski definition) is 0. The van der Waals surface area contributed by atoms with Crippen molar-refractivity contribution in [3.63, 3.8) is 0 Å². The van der Waals surface area contributed by atoms with Gasteiger partial charge in [-0.1, -0.05) is 54.6 Å². The van der Waals surface area contributed by atoms with Gasteiger partial charge in [0.05, 0.1) is 0 Å². The zero-order valence-corrected chi connectivity index (χ0v) is 25.2. The van der Waals surface area contributed by atoms with E-state index in [1.807, 2.05) is 0 Å². The van der Waals surface area contributed by atoms with Gasteiger partial charge in [-0.05, 0) is 53.1 Å². The summed E-state index contributed by atoms with van der Waals surface area (Å²) in [5, 5.41) is -7.85. The fraction of sp³-hybridized carbons (Fsp3) is 0.333. The predicted octanol–water partition coefficient (Wildman–Crippen LogP) is 10.5. The van der Waals surface area contributed by atoms with E-state index in [4.69, 9.17) is 0 Å². The summed E-state index contributed by atoms with van der Waals surface area (Å²) in [6.07, 6.45) is -7.93. The Labute approximate surface area is 266 Å². The maximum Gasteiger partial charge on any atom is 0.460 e. The lowest BCUT2D eigenvalue weighted by Gasteiger charge is -2.44. The van der Waals surface area contributed by atoms with Gasteiger partial charge < -0.3 is 0 Å². The molecule has 0 amide bonds. The van der Waals surface area contributed by atoms with Crippen molar-refractivity contribution in [1.82, 2.24) is 0 Å². The van der Waals surface area contributed by atoms with Crippen LogP contribution in [0.25, 0.3) is 0 Å². The lowest BCUT2D eigenvalue weighted by Crippen LogP contribution is -2.75. The van der Waals surface area contributed by atoms with Crippen LogP contribution in [-0.2, 0) is 13.7 Å². The van der Waals surface area contributed by atoms with Crippen LogP contribution in [0.15, 0.2) is 99.6 Å². The summed E-state index contributed by atoms with van der Waals surface area (Å²) in [7, 11) is -12.4. The average Bonchev–Trinajstić information content (AvgIpc) is 3.00. The molecule has 0 radical (unpaired) electrons. The van der Waals surface area contributed by atoms with Gasteiger partial charge in [-0.15, -0.1) is 0 Å². The number of halogens is 17. The van der Waals surface area contributed by atoms with Crippen LogP contribution >= 0.6 is 10.3 Å². The summed E-state index contributed by atoms with van der Waals surface area (Å²) in [5.41, 5.74) is -0.0557. The Morgan fingerprint density at radius 2 is 0.776 bits per heavy atom. The van der Waals surface area contributed by atoms with Crippen molar-refractivity contribution < 1.29 is 86.7 Å². The summed E-state index contributed by atoms with van der Waals surface area (Å²) in [6, 6.07) is 15.5. The van der Waals surface area contributed by atoms with E-state index < -0.39 is 82.1 Å². The lowest BCUT2D eigenvalue weighted by molar-refractivity contribution is -0.458. The molecule has 0 heterocycles. The van der Waals surface area contributed by atoms with Crippen molar-refractivity contribution in [2.75, 3.05) is 0 Å². The van der Waals surface area contributed by atoms with Gasteiger partial charge >= 0.3 is 57.1 Å². The Kier molecular flexibility index (Phi) is 10.0. The Morgan fingerprint density at radius 3 is 1.14 bits per heavy atom. The fourth-order valence-corrected chi connectivity index (χ4v) is 9.53. The predicted molar refractivity (Wildman–Crippen MR) is 137 cm³/mol. The molecule has 0 aliphatic carbocycles. The van der Waals surface area contributed by atoms with Crippen molar-refractivity contribution in [1.29, 1.82) is 0 Å². The van der Waals surface area contributed by atoms with Crippen LogP contribution in [-0.4, -0.2) is 55.4 Å². The van der Waals surface area contributed by atoms with Gasteiger partial charge in [0.1, 0.15) is 0 Å². The third-order valence-electron chi connectivity index (χ3n) is 6.75. The summed E-state index contributed by atoms with van der Waals surface area (Å²) in [4.78, 5) is -1.39. The van der Waals surface area contributed by atoms with E-state index in [2.05, 4.69) is 3.63 Å². The monoisotopic (exact) mass is 776 g/mol. The zero-order valence-electron chi connectivity index (χ0n) is 23.5. The molecule has 274 valence electrons. The summed E-state index contributed by atoms with van der Waals surface area (Å²) in [5.74, 6) is -52.3. The van der Waals surface area contributed by atoms with E-state index in [1.165, 1.54) is 31.2 Å². The second-order valence-corrected chi connectivity index (χ2v) is 14.4. The number of rotatable bonds is 12. The van der Waals surface area contributed by atoms with Gasteiger partial charge in [0, 0.05) is 14.7 Å². The van der Waals surface area contributed by atoms with Crippen molar-refractivity contribution in [3.8, 4) is 0 Å². The number of benzene rings is 3. The first-order valence-electron chi connectivity index (χ1n) is 12.6. The number of alkyl halides is 17. The van der Waals surface area contributed by atoms with E-state index in [1.54, 1.807) is 0 Å². The molecule has 0 aliphatic heterocycles. The summed E-state index contributed by atoms with van der Waals surface area (Å²) < 4.78 is 267. The van der Waals surface area contributed by atoms with Gasteiger partial charge in [-0.3, -0.25) is 0 Å². The van der Waals surface area contributed by atoms with Crippen molar-refractivity contribution in [2.45, 2.75) is 68.6 Å². The molecular formula is C27H17F17O3S2.